The summed E-state index contributed by atoms with van der Waals surface area (Å²) in [6.45, 7) is 7.66. The van der Waals surface area contributed by atoms with Gasteiger partial charge in [-0.15, -0.1) is 0 Å². The van der Waals surface area contributed by atoms with Gasteiger partial charge in [0, 0.05) is 42.8 Å². The van der Waals surface area contributed by atoms with Gasteiger partial charge in [-0.25, -0.2) is 8.42 Å². The molecule has 0 unspecified atom stereocenters. The van der Waals surface area contributed by atoms with E-state index in [1.54, 1.807) is 41.0 Å². The van der Waals surface area contributed by atoms with Crippen LogP contribution < -0.4 is 10.7 Å². The van der Waals surface area contributed by atoms with Crippen LogP contribution >= 0.6 is 11.6 Å². The summed E-state index contributed by atoms with van der Waals surface area (Å²) < 4.78 is 30.1. The highest BCUT2D eigenvalue weighted by Crippen LogP contribution is 2.28. The number of nitrogens with one attached hydrogen (secondary N) is 1. The van der Waals surface area contributed by atoms with E-state index in [2.05, 4.69) is 5.32 Å². The second-order valence-electron chi connectivity index (χ2n) is 9.41. The fourth-order valence-corrected chi connectivity index (χ4v) is 6.62. The van der Waals surface area contributed by atoms with Crippen LogP contribution in [0.1, 0.15) is 43.1 Å². The smallest absolute Gasteiger partial charge is 0.257 e. The maximum atomic E-state index is 13.4. The van der Waals surface area contributed by atoms with Crippen LogP contribution in [0.25, 0.3) is 10.9 Å². The summed E-state index contributed by atoms with van der Waals surface area (Å²) in [6, 6.07) is 11.7. The van der Waals surface area contributed by atoms with Crippen LogP contribution in [-0.4, -0.2) is 36.3 Å². The number of rotatable bonds is 6. The molecule has 2 atom stereocenters. The van der Waals surface area contributed by atoms with Gasteiger partial charge >= 0.3 is 0 Å². The first-order chi connectivity index (χ1) is 16.6. The molecule has 2 heterocycles. The molecule has 2 aromatic carbocycles. The number of pyridine rings is 1. The van der Waals surface area contributed by atoms with Crippen LogP contribution in [0.2, 0.25) is 5.02 Å². The number of hydrogen-bond acceptors (Lipinski definition) is 4. The summed E-state index contributed by atoms with van der Waals surface area (Å²) in [7, 11) is -3.76. The van der Waals surface area contributed by atoms with Crippen molar-refractivity contribution >= 4 is 38.4 Å². The van der Waals surface area contributed by atoms with Crippen LogP contribution in [0.15, 0.2) is 58.4 Å². The molecule has 0 spiro atoms. The highest BCUT2D eigenvalue weighted by molar-refractivity contribution is 7.89. The highest BCUT2D eigenvalue weighted by atomic mass is 35.5. The molecule has 7 nitrogen and oxygen atoms in total. The first kappa shape index (κ1) is 25.4. The molecule has 0 saturated carbocycles. The molecule has 1 aromatic heterocycles. The molecule has 1 fully saturated rings. The third-order valence-corrected chi connectivity index (χ3v) is 8.56. The van der Waals surface area contributed by atoms with Gasteiger partial charge < -0.3 is 9.88 Å². The van der Waals surface area contributed by atoms with E-state index in [0.29, 0.717) is 30.2 Å². The largest absolute Gasteiger partial charge is 0.348 e. The number of piperidine rings is 1. The number of carbonyl (C=O) groups is 1. The molecular formula is C26H30ClN3O4S. The second-order valence-corrected chi connectivity index (χ2v) is 11.8. The van der Waals surface area contributed by atoms with Gasteiger partial charge in [-0.3, -0.25) is 9.59 Å². The predicted molar refractivity (Wildman–Crippen MR) is 138 cm³/mol. The minimum Gasteiger partial charge on any atom is -0.348 e. The van der Waals surface area contributed by atoms with Gasteiger partial charge in [0.25, 0.3) is 5.91 Å². The number of aromatic nitrogens is 1. The minimum absolute atomic E-state index is 0.0249. The van der Waals surface area contributed by atoms with Crippen molar-refractivity contribution in [1.29, 1.82) is 0 Å². The van der Waals surface area contributed by atoms with Crippen molar-refractivity contribution in [2.45, 2.75) is 45.2 Å². The van der Waals surface area contributed by atoms with Crippen LogP contribution in [0, 0.1) is 11.8 Å². The van der Waals surface area contributed by atoms with Crippen LogP contribution in [0.5, 0.6) is 0 Å². The fourth-order valence-electron chi connectivity index (χ4n) is 4.79. The number of aryl methyl sites for hydroxylation is 1. The van der Waals surface area contributed by atoms with Crippen LogP contribution in [0.3, 0.4) is 0 Å². The molecule has 186 valence electrons. The van der Waals surface area contributed by atoms with Gasteiger partial charge in [0.15, 0.2) is 0 Å². The summed E-state index contributed by atoms with van der Waals surface area (Å²) in [4.78, 5) is 26.4. The SMILES string of the molecule is CCn1cc(C(=O)NCc2ccc(Cl)cc2)c(=O)c2cc(S(=O)(=O)N3C[C@@H](C)C[C@H](C)C3)ccc21. The zero-order valence-electron chi connectivity index (χ0n) is 20.1. The Morgan fingerprint density at radius 1 is 1.09 bits per heavy atom. The Hall–Kier alpha value is -2.68. The molecule has 0 aliphatic carbocycles. The van der Waals surface area contributed by atoms with Crippen LogP contribution in [0.4, 0.5) is 0 Å². The average molecular weight is 516 g/mol. The van der Waals surface area contributed by atoms with Gasteiger partial charge in [-0.1, -0.05) is 37.6 Å². The van der Waals surface area contributed by atoms with E-state index in [4.69, 9.17) is 11.6 Å². The summed E-state index contributed by atoms with van der Waals surface area (Å²) in [6.07, 6.45) is 2.52. The number of nitrogens with zero attached hydrogens (tertiary/aromatic N) is 2. The number of halogens is 1. The topological polar surface area (TPSA) is 88.5 Å². The number of benzene rings is 2. The van der Waals surface area contributed by atoms with Gasteiger partial charge in [0.2, 0.25) is 15.5 Å². The lowest BCUT2D eigenvalue weighted by Crippen LogP contribution is -2.42. The zero-order valence-corrected chi connectivity index (χ0v) is 21.7. The van der Waals surface area contributed by atoms with Crippen LogP contribution in [-0.2, 0) is 23.1 Å². The van der Waals surface area contributed by atoms with Gasteiger partial charge in [-0.2, -0.15) is 4.31 Å². The Labute approximate surface area is 210 Å². The Morgan fingerprint density at radius 3 is 2.37 bits per heavy atom. The van der Waals surface area contributed by atoms with E-state index in [-0.39, 0.29) is 34.2 Å². The van der Waals surface area contributed by atoms with Crippen molar-refractivity contribution < 1.29 is 13.2 Å². The second kappa shape index (κ2) is 10.1. The Kier molecular flexibility index (Phi) is 7.35. The van der Waals surface area contributed by atoms with Gasteiger partial charge in [0.05, 0.1) is 10.4 Å². The Bertz CT molecular complexity index is 1410. The summed E-state index contributed by atoms with van der Waals surface area (Å²) in [5, 5.41) is 3.59. The molecular weight excluding hydrogens is 486 g/mol. The lowest BCUT2D eigenvalue weighted by atomic mass is 9.94. The molecule has 3 aromatic rings. The maximum Gasteiger partial charge on any atom is 0.257 e. The molecule has 9 heteroatoms. The standard InChI is InChI=1S/C26H30ClN3O4S/c1-4-29-16-23(26(32)28-13-19-5-7-20(27)8-6-19)25(31)22-12-21(9-10-24(22)29)35(33,34)30-14-17(2)11-18(3)15-30/h5-10,12,16-18H,4,11,13-15H2,1-3H3,(H,28,32)/t17-,18-/m0/s1. The molecule has 35 heavy (non-hydrogen) atoms. The van der Waals surface area contributed by atoms with Crippen molar-refractivity contribution in [1.82, 2.24) is 14.2 Å². The van der Waals surface area contributed by atoms with E-state index >= 15 is 0 Å². The molecule has 4 rings (SSSR count). The number of amides is 1. The number of sulfonamides is 1. The van der Waals surface area contributed by atoms with E-state index in [9.17, 15) is 18.0 Å². The zero-order chi connectivity index (χ0) is 25.3. The molecule has 0 radical (unpaired) electrons. The first-order valence-electron chi connectivity index (χ1n) is 11.8. The molecule has 0 bridgehead atoms. The number of carbonyl (C=O) groups excluding carboxylic acids is 1. The third kappa shape index (κ3) is 5.29. The predicted octanol–water partition coefficient (Wildman–Crippen LogP) is 4.27. The molecule has 1 saturated heterocycles. The lowest BCUT2D eigenvalue weighted by molar-refractivity contribution is 0.0949. The van der Waals surface area contributed by atoms with Crippen molar-refractivity contribution in [3.8, 4) is 0 Å². The average Bonchev–Trinajstić information content (AvgIpc) is 2.83. The van der Waals surface area contributed by atoms with E-state index in [1.165, 1.54) is 16.6 Å². The maximum absolute atomic E-state index is 13.4. The summed E-state index contributed by atoms with van der Waals surface area (Å²) in [5.74, 6) is 0.0190. The van der Waals surface area contributed by atoms with Crippen molar-refractivity contribution in [3.05, 3.63) is 75.0 Å². The van der Waals surface area contributed by atoms with E-state index in [1.807, 2.05) is 20.8 Å². The monoisotopic (exact) mass is 515 g/mol. The Balaban J connectivity index is 1.70. The van der Waals surface area contributed by atoms with E-state index in [0.717, 1.165) is 12.0 Å². The lowest BCUT2D eigenvalue weighted by Gasteiger charge is -2.34. The van der Waals surface area contributed by atoms with E-state index < -0.39 is 21.4 Å². The number of hydrogen-bond donors (Lipinski definition) is 1. The molecule has 1 amide bonds. The van der Waals surface area contributed by atoms with Crippen molar-refractivity contribution in [2.75, 3.05) is 13.1 Å². The molecule has 1 aliphatic rings. The van der Waals surface area contributed by atoms with Gasteiger partial charge in [-0.05, 0) is 61.1 Å². The summed E-state index contributed by atoms with van der Waals surface area (Å²) in [5.41, 5.74) is 0.919. The number of fused-ring (bicyclic) bond motifs is 1. The third-order valence-electron chi connectivity index (χ3n) is 6.48. The van der Waals surface area contributed by atoms with Gasteiger partial charge in [0.1, 0.15) is 5.56 Å². The Morgan fingerprint density at radius 2 is 1.74 bits per heavy atom. The molecule has 1 N–H and O–H groups in total. The minimum atomic E-state index is -3.76. The van der Waals surface area contributed by atoms with Crippen molar-refractivity contribution in [3.63, 3.8) is 0 Å². The fraction of sp³-hybridized carbons (Fsp3) is 0.385. The summed E-state index contributed by atoms with van der Waals surface area (Å²) >= 11 is 5.91. The quantitative estimate of drug-likeness (QED) is 0.531. The highest BCUT2D eigenvalue weighted by Gasteiger charge is 2.32. The molecule has 1 aliphatic heterocycles. The van der Waals surface area contributed by atoms with Crippen molar-refractivity contribution in [2.24, 2.45) is 11.8 Å². The first-order valence-corrected chi connectivity index (χ1v) is 13.6. The normalized spacial score (nSPS) is 19.1.